The van der Waals surface area contributed by atoms with E-state index in [1.54, 1.807) is 4.90 Å². The van der Waals surface area contributed by atoms with Gasteiger partial charge in [0, 0.05) is 18.5 Å². The summed E-state index contributed by atoms with van der Waals surface area (Å²) in [7, 11) is 0. The minimum Gasteiger partial charge on any atom is -0.347 e. The number of nitrogens with two attached hydrogens (primary N) is 1. The molecule has 0 aliphatic carbocycles. The zero-order valence-corrected chi connectivity index (χ0v) is 15.0. The second-order valence-electron chi connectivity index (χ2n) is 6.38. The maximum absolute atomic E-state index is 12.4. The Morgan fingerprint density at radius 2 is 1.78 bits per heavy atom. The van der Waals surface area contributed by atoms with Crippen LogP contribution in [0.25, 0.3) is 0 Å². The fraction of sp³-hybridized carbons (Fsp3) is 0.529. The van der Waals surface area contributed by atoms with Gasteiger partial charge >= 0.3 is 0 Å². The van der Waals surface area contributed by atoms with Crippen LogP contribution in [0.4, 0.5) is 0 Å². The van der Waals surface area contributed by atoms with Crippen molar-refractivity contribution in [3.05, 3.63) is 35.9 Å². The summed E-state index contributed by atoms with van der Waals surface area (Å²) in [6.45, 7) is 7.15. The number of nitrogens with one attached hydrogen (secondary N) is 1. The zero-order valence-electron chi connectivity index (χ0n) is 14.2. The number of halogens is 1. The lowest BCUT2D eigenvalue weighted by molar-refractivity contribution is -0.135. The Morgan fingerprint density at radius 1 is 1.17 bits per heavy atom. The van der Waals surface area contributed by atoms with Crippen LogP contribution >= 0.6 is 12.4 Å². The third-order valence-corrected chi connectivity index (χ3v) is 3.28. The highest BCUT2D eigenvalue weighted by Crippen LogP contribution is 2.12. The standard InChI is InChI=1S/C17H27N3O2.ClH/c1-17(2,3)16(22)19-12-15(21)20(11-7-10-18)13-14-8-5-4-6-9-14;/h4-6,8-9H,7,10-13,18H2,1-3H3,(H,19,22);1H. The Kier molecular flexibility index (Phi) is 9.53. The first-order valence-corrected chi connectivity index (χ1v) is 7.64. The van der Waals surface area contributed by atoms with E-state index in [-0.39, 0.29) is 30.8 Å². The van der Waals surface area contributed by atoms with Gasteiger partial charge in [0.05, 0.1) is 6.54 Å². The number of hydrogen-bond donors (Lipinski definition) is 2. The highest BCUT2D eigenvalue weighted by atomic mass is 35.5. The summed E-state index contributed by atoms with van der Waals surface area (Å²) in [5.74, 6) is -0.214. The van der Waals surface area contributed by atoms with E-state index in [0.717, 1.165) is 12.0 Å². The van der Waals surface area contributed by atoms with Gasteiger partial charge in [0.25, 0.3) is 0 Å². The van der Waals surface area contributed by atoms with E-state index in [4.69, 9.17) is 5.73 Å². The average Bonchev–Trinajstić information content (AvgIpc) is 2.48. The van der Waals surface area contributed by atoms with Gasteiger partial charge < -0.3 is 16.0 Å². The van der Waals surface area contributed by atoms with Crippen molar-refractivity contribution in [3.8, 4) is 0 Å². The number of hydrogen-bond acceptors (Lipinski definition) is 3. The van der Waals surface area contributed by atoms with Crippen molar-refractivity contribution in [2.24, 2.45) is 11.1 Å². The third kappa shape index (κ3) is 8.00. The Bertz CT molecular complexity index is 486. The monoisotopic (exact) mass is 341 g/mol. The van der Waals surface area contributed by atoms with Gasteiger partial charge in [-0.15, -0.1) is 12.4 Å². The molecular weight excluding hydrogens is 314 g/mol. The normalized spacial score (nSPS) is 10.6. The lowest BCUT2D eigenvalue weighted by atomic mass is 9.96. The molecular formula is C17H28ClN3O2. The molecule has 3 N–H and O–H groups in total. The SMILES string of the molecule is CC(C)(C)C(=O)NCC(=O)N(CCCN)Cc1ccccc1.Cl. The highest BCUT2D eigenvalue weighted by Gasteiger charge is 2.22. The van der Waals surface area contributed by atoms with Gasteiger partial charge in [0.1, 0.15) is 0 Å². The number of carbonyl (C=O) groups excluding carboxylic acids is 2. The molecule has 0 spiro atoms. The molecule has 0 unspecified atom stereocenters. The third-order valence-electron chi connectivity index (χ3n) is 3.28. The van der Waals surface area contributed by atoms with E-state index < -0.39 is 5.41 Å². The number of carbonyl (C=O) groups is 2. The second-order valence-corrected chi connectivity index (χ2v) is 6.38. The summed E-state index contributed by atoms with van der Waals surface area (Å²) in [6.07, 6.45) is 0.742. The van der Waals surface area contributed by atoms with Gasteiger partial charge in [0.15, 0.2) is 0 Å². The van der Waals surface area contributed by atoms with Crippen LogP contribution in [0.5, 0.6) is 0 Å². The number of benzene rings is 1. The van der Waals surface area contributed by atoms with Crippen molar-refractivity contribution >= 4 is 24.2 Å². The summed E-state index contributed by atoms with van der Waals surface area (Å²) in [4.78, 5) is 26.0. The molecule has 1 aromatic carbocycles. The van der Waals surface area contributed by atoms with Crippen molar-refractivity contribution in [3.63, 3.8) is 0 Å². The maximum Gasteiger partial charge on any atom is 0.242 e. The van der Waals surface area contributed by atoms with Gasteiger partial charge in [0.2, 0.25) is 11.8 Å². The van der Waals surface area contributed by atoms with Crippen molar-refractivity contribution in [1.82, 2.24) is 10.2 Å². The minimum atomic E-state index is -0.498. The van der Waals surface area contributed by atoms with Crippen LogP contribution in [0.2, 0.25) is 0 Å². The Labute approximate surface area is 145 Å². The number of nitrogens with zero attached hydrogens (tertiary/aromatic N) is 1. The summed E-state index contributed by atoms with van der Waals surface area (Å²) < 4.78 is 0. The van der Waals surface area contributed by atoms with Crippen LogP contribution in [-0.2, 0) is 16.1 Å². The molecule has 5 nitrogen and oxygen atoms in total. The Morgan fingerprint density at radius 3 is 2.30 bits per heavy atom. The molecule has 0 aliphatic rings. The largest absolute Gasteiger partial charge is 0.347 e. The molecule has 6 heteroatoms. The predicted octanol–water partition coefficient (Wildman–Crippen LogP) is 1.95. The van der Waals surface area contributed by atoms with Crippen molar-refractivity contribution < 1.29 is 9.59 Å². The van der Waals surface area contributed by atoms with Crippen LogP contribution in [-0.4, -0.2) is 36.3 Å². The molecule has 0 saturated carbocycles. The summed E-state index contributed by atoms with van der Waals surface area (Å²) in [5, 5.41) is 2.70. The van der Waals surface area contributed by atoms with Crippen LogP contribution in [0.15, 0.2) is 30.3 Å². The first kappa shape index (κ1) is 21.4. The summed E-state index contributed by atoms with van der Waals surface area (Å²) in [6, 6.07) is 9.80. The van der Waals surface area contributed by atoms with Gasteiger partial charge in [-0.1, -0.05) is 51.1 Å². The molecule has 2 amide bonds. The molecule has 1 aromatic rings. The predicted molar refractivity (Wildman–Crippen MR) is 95.2 cm³/mol. The Hall–Kier alpha value is -1.59. The quantitative estimate of drug-likeness (QED) is 0.796. The topological polar surface area (TPSA) is 75.4 Å². The van der Waals surface area contributed by atoms with Crippen molar-refractivity contribution in [2.45, 2.75) is 33.7 Å². The van der Waals surface area contributed by atoms with Gasteiger partial charge in [-0.2, -0.15) is 0 Å². The molecule has 0 saturated heterocycles. The first-order valence-electron chi connectivity index (χ1n) is 7.64. The molecule has 0 fully saturated rings. The molecule has 130 valence electrons. The Balaban J connectivity index is 0.00000484. The fourth-order valence-corrected chi connectivity index (χ4v) is 1.91. The van der Waals surface area contributed by atoms with Gasteiger partial charge in [-0.3, -0.25) is 9.59 Å². The van der Waals surface area contributed by atoms with E-state index in [1.165, 1.54) is 0 Å². The molecule has 0 aliphatic heterocycles. The average molecular weight is 342 g/mol. The van der Waals surface area contributed by atoms with Crippen molar-refractivity contribution in [1.29, 1.82) is 0 Å². The van der Waals surface area contributed by atoms with E-state index in [9.17, 15) is 9.59 Å². The smallest absolute Gasteiger partial charge is 0.242 e. The summed E-state index contributed by atoms with van der Waals surface area (Å²) in [5.41, 5.74) is 6.11. The lowest BCUT2D eigenvalue weighted by Crippen LogP contribution is -2.43. The van der Waals surface area contributed by atoms with Crippen LogP contribution < -0.4 is 11.1 Å². The first-order chi connectivity index (χ1) is 10.3. The summed E-state index contributed by atoms with van der Waals surface area (Å²) >= 11 is 0. The number of rotatable bonds is 7. The lowest BCUT2D eigenvalue weighted by Gasteiger charge is -2.24. The van der Waals surface area contributed by atoms with E-state index in [1.807, 2.05) is 51.1 Å². The second kappa shape index (κ2) is 10.2. The van der Waals surface area contributed by atoms with E-state index in [2.05, 4.69) is 5.32 Å². The van der Waals surface area contributed by atoms with E-state index in [0.29, 0.717) is 19.6 Å². The van der Waals surface area contributed by atoms with Crippen LogP contribution in [0, 0.1) is 5.41 Å². The maximum atomic E-state index is 12.4. The molecule has 1 rings (SSSR count). The van der Waals surface area contributed by atoms with Crippen LogP contribution in [0.3, 0.4) is 0 Å². The molecule has 0 aromatic heterocycles. The molecule has 0 bridgehead atoms. The molecule has 0 atom stereocenters. The molecule has 0 heterocycles. The molecule has 23 heavy (non-hydrogen) atoms. The zero-order chi connectivity index (χ0) is 16.6. The fourth-order valence-electron chi connectivity index (χ4n) is 1.91. The number of amides is 2. The van der Waals surface area contributed by atoms with Gasteiger partial charge in [-0.25, -0.2) is 0 Å². The van der Waals surface area contributed by atoms with Crippen molar-refractivity contribution in [2.75, 3.05) is 19.6 Å². The van der Waals surface area contributed by atoms with Gasteiger partial charge in [-0.05, 0) is 18.5 Å². The molecule has 0 radical (unpaired) electrons. The highest BCUT2D eigenvalue weighted by molar-refractivity contribution is 5.87. The minimum absolute atomic E-state index is 0. The van der Waals surface area contributed by atoms with E-state index >= 15 is 0 Å². The van der Waals surface area contributed by atoms with Crippen LogP contribution in [0.1, 0.15) is 32.8 Å².